The summed E-state index contributed by atoms with van der Waals surface area (Å²) in [5.74, 6) is 0.696. The Labute approximate surface area is 196 Å². The third-order valence-corrected chi connectivity index (χ3v) is 5.62. The van der Waals surface area contributed by atoms with Gasteiger partial charge in [-0.1, -0.05) is 44.2 Å². The SMILES string of the molecule is Cc1ncc(C(C)NC(=O)c2cc(-c3ccccc3)cc(C(=O)N(C)CC(C)C)c2C)cn1. The van der Waals surface area contributed by atoms with Crippen LogP contribution >= 0.6 is 0 Å². The third-order valence-electron chi connectivity index (χ3n) is 5.62. The molecule has 0 radical (unpaired) electrons. The van der Waals surface area contributed by atoms with Crippen LogP contribution in [0.25, 0.3) is 11.1 Å². The summed E-state index contributed by atoms with van der Waals surface area (Å²) < 4.78 is 0. The fourth-order valence-corrected chi connectivity index (χ4v) is 3.79. The lowest BCUT2D eigenvalue weighted by Gasteiger charge is -2.22. The van der Waals surface area contributed by atoms with E-state index in [0.29, 0.717) is 35.0 Å². The number of hydrogen-bond acceptors (Lipinski definition) is 4. The van der Waals surface area contributed by atoms with Crippen molar-refractivity contribution in [1.29, 1.82) is 0 Å². The second kappa shape index (κ2) is 10.4. The van der Waals surface area contributed by atoms with Gasteiger partial charge >= 0.3 is 0 Å². The van der Waals surface area contributed by atoms with Gasteiger partial charge in [0.05, 0.1) is 6.04 Å². The van der Waals surface area contributed by atoms with Crippen molar-refractivity contribution >= 4 is 11.8 Å². The first kappa shape index (κ1) is 24.1. The molecule has 172 valence electrons. The number of carbonyl (C=O) groups excluding carboxylic acids is 2. The summed E-state index contributed by atoms with van der Waals surface area (Å²) in [6.07, 6.45) is 3.44. The number of nitrogens with one attached hydrogen (secondary N) is 1. The average molecular weight is 445 g/mol. The molecule has 1 N–H and O–H groups in total. The van der Waals surface area contributed by atoms with Crippen LogP contribution in [-0.2, 0) is 0 Å². The first-order valence-electron chi connectivity index (χ1n) is 11.2. The van der Waals surface area contributed by atoms with E-state index < -0.39 is 0 Å². The summed E-state index contributed by atoms with van der Waals surface area (Å²) in [5, 5.41) is 3.04. The summed E-state index contributed by atoms with van der Waals surface area (Å²) in [5.41, 5.74) is 4.29. The topological polar surface area (TPSA) is 75.2 Å². The van der Waals surface area contributed by atoms with Gasteiger partial charge in [-0.15, -0.1) is 0 Å². The molecule has 0 fully saturated rings. The minimum Gasteiger partial charge on any atom is -0.345 e. The highest BCUT2D eigenvalue weighted by atomic mass is 16.2. The number of hydrogen-bond donors (Lipinski definition) is 1. The van der Waals surface area contributed by atoms with Crippen LogP contribution in [0.2, 0.25) is 0 Å². The van der Waals surface area contributed by atoms with Crippen LogP contribution in [0.3, 0.4) is 0 Å². The van der Waals surface area contributed by atoms with Gasteiger partial charge in [-0.25, -0.2) is 9.97 Å². The molecule has 3 rings (SSSR count). The second-order valence-corrected chi connectivity index (χ2v) is 8.90. The first-order valence-corrected chi connectivity index (χ1v) is 11.2. The van der Waals surface area contributed by atoms with Crippen molar-refractivity contribution in [2.24, 2.45) is 5.92 Å². The van der Waals surface area contributed by atoms with Gasteiger partial charge in [0.25, 0.3) is 11.8 Å². The Morgan fingerprint density at radius 3 is 2.15 bits per heavy atom. The van der Waals surface area contributed by atoms with Crippen molar-refractivity contribution in [2.75, 3.05) is 13.6 Å². The van der Waals surface area contributed by atoms with Crippen LogP contribution in [0.5, 0.6) is 0 Å². The molecule has 0 saturated heterocycles. The van der Waals surface area contributed by atoms with Gasteiger partial charge < -0.3 is 10.2 Å². The van der Waals surface area contributed by atoms with Crippen molar-refractivity contribution in [3.05, 3.63) is 82.9 Å². The zero-order valence-corrected chi connectivity index (χ0v) is 20.2. The molecule has 1 heterocycles. The van der Waals surface area contributed by atoms with E-state index in [4.69, 9.17) is 0 Å². The molecule has 1 atom stereocenters. The smallest absolute Gasteiger partial charge is 0.253 e. The van der Waals surface area contributed by atoms with Crippen LogP contribution in [0.15, 0.2) is 54.9 Å². The van der Waals surface area contributed by atoms with Crippen LogP contribution in [-0.4, -0.2) is 40.3 Å². The minimum atomic E-state index is -0.277. The van der Waals surface area contributed by atoms with Gasteiger partial charge in [-0.2, -0.15) is 0 Å². The molecule has 2 aromatic carbocycles. The number of carbonyl (C=O) groups is 2. The Morgan fingerprint density at radius 2 is 1.55 bits per heavy atom. The Hall–Kier alpha value is -3.54. The van der Waals surface area contributed by atoms with Crippen molar-refractivity contribution in [3.8, 4) is 11.1 Å². The van der Waals surface area contributed by atoms with E-state index in [1.54, 1.807) is 24.3 Å². The number of benzene rings is 2. The number of nitrogens with zero attached hydrogens (tertiary/aromatic N) is 3. The molecule has 0 aliphatic rings. The predicted octanol–water partition coefficient (Wildman–Crippen LogP) is 4.98. The molecule has 3 aromatic rings. The number of aromatic nitrogens is 2. The molecular weight excluding hydrogens is 412 g/mol. The molecule has 1 unspecified atom stereocenters. The molecule has 0 spiro atoms. The second-order valence-electron chi connectivity index (χ2n) is 8.90. The number of aryl methyl sites for hydroxylation is 1. The van der Waals surface area contributed by atoms with Crippen molar-refractivity contribution in [1.82, 2.24) is 20.2 Å². The van der Waals surface area contributed by atoms with Gasteiger partial charge in [0.15, 0.2) is 0 Å². The fourth-order valence-electron chi connectivity index (χ4n) is 3.79. The minimum absolute atomic E-state index is 0.0898. The first-order chi connectivity index (χ1) is 15.7. The van der Waals surface area contributed by atoms with Crippen molar-refractivity contribution < 1.29 is 9.59 Å². The molecule has 0 aliphatic carbocycles. The van der Waals surface area contributed by atoms with Crippen LogP contribution < -0.4 is 5.32 Å². The zero-order valence-electron chi connectivity index (χ0n) is 20.2. The molecule has 33 heavy (non-hydrogen) atoms. The van der Waals surface area contributed by atoms with Crippen molar-refractivity contribution in [3.63, 3.8) is 0 Å². The summed E-state index contributed by atoms with van der Waals surface area (Å²) >= 11 is 0. The molecule has 0 saturated carbocycles. The highest BCUT2D eigenvalue weighted by molar-refractivity contribution is 6.03. The van der Waals surface area contributed by atoms with E-state index in [2.05, 4.69) is 29.1 Å². The van der Waals surface area contributed by atoms with E-state index >= 15 is 0 Å². The monoisotopic (exact) mass is 444 g/mol. The molecular formula is C27H32N4O2. The number of rotatable bonds is 7. The average Bonchev–Trinajstić information content (AvgIpc) is 2.79. The fraction of sp³-hybridized carbons (Fsp3) is 0.333. The largest absolute Gasteiger partial charge is 0.345 e. The maximum atomic E-state index is 13.3. The van der Waals surface area contributed by atoms with E-state index in [-0.39, 0.29) is 17.9 Å². The summed E-state index contributed by atoms with van der Waals surface area (Å²) in [7, 11) is 1.80. The lowest BCUT2D eigenvalue weighted by molar-refractivity contribution is 0.0778. The van der Waals surface area contributed by atoms with E-state index in [1.807, 2.05) is 63.2 Å². The molecule has 1 aromatic heterocycles. The Balaban J connectivity index is 2.01. The van der Waals surface area contributed by atoms with Gasteiger partial charge in [0, 0.05) is 42.7 Å². The molecule has 2 amide bonds. The van der Waals surface area contributed by atoms with E-state index in [9.17, 15) is 9.59 Å². The lowest BCUT2D eigenvalue weighted by Crippen LogP contribution is -2.32. The molecule has 6 heteroatoms. The van der Waals surface area contributed by atoms with Crippen LogP contribution in [0.1, 0.15) is 64.5 Å². The highest BCUT2D eigenvalue weighted by Crippen LogP contribution is 2.27. The maximum absolute atomic E-state index is 13.3. The summed E-state index contributed by atoms with van der Waals surface area (Å²) in [6, 6.07) is 13.3. The Kier molecular flexibility index (Phi) is 7.59. The standard InChI is InChI=1S/C27H32N4O2/c1-17(2)16-31(6)27(33)25-13-22(21-10-8-7-9-11-21)12-24(18(25)3)26(32)30-19(4)23-14-28-20(5)29-15-23/h7-15,17,19H,16H2,1-6H3,(H,30,32). The summed E-state index contributed by atoms with van der Waals surface area (Å²) in [6.45, 7) is 10.3. The maximum Gasteiger partial charge on any atom is 0.253 e. The normalized spacial score (nSPS) is 11.8. The van der Waals surface area contributed by atoms with Crippen molar-refractivity contribution in [2.45, 2.75) is 40.7 Å². The van der Waals surface area contributed by atoms with E-state index in [0.717, 1.165) is 16.7 Å². The molecule has 0 bridgehead atoms. The quantitative estimate of drug-likeness (QED) is 0.558. The summed E-state index contributed by atoms with van der Waals surface area (Å²) in [4.78, 5) is 36.8. The third kappa shape index (κ3) is 5.83. The van der Waals surface area contributed by atoms with Gasteiger partial charge in [0.2, 0.25) is 0 Å². The van der Waals surface area contributed by atoms with E-state index in [1.165, 1.54) is 0 Å². The Bertz CT molecular complexity index is 1120. The van der Waals surface area contributed by atoms with Crippen LogP contribution in [0, 0.1) is 19.8 Å². The lowest BCUT2D eigenvalue weighted by atomic mass is 9.93. The Morgan fingerprint density at radius 1 is 0.939 bits per heavy atom. The van der Waals surface area contributed by atoms with Gasteiger partial charge in [-0.3, -0.25) is 9.59 Å². The van der Waals surface area contributed by atoms with Gasteiger partial charge in [-0.05, 0) is 55.5 Å². The molecule has 0 aliphatic heterocycles. The van der Waals surface area contributed by atoms with Gasteiger partial charge in [0.1, 0.15) is 5.82 Å². The zero-order chi connectivity index (χ0) is 24.1. The highest BCUT2D eigenvalue weighted by Gasteiger charge is 2.22. The number of amides is 2. The van der Waals surface area contributed by atoms with Crippen LogP contribution in [0.4, 0.5) is 0 Å². The predicted molar refractivity (Wildman–Crippen MR) is 131 cm³/mol. The molecule has 6 nitrogen and oxygen atoms in total.